The molecule has 1 saturated heterocycles. The molecule has 0 amide bonds. The molecule has 2 aromatic rings. The largest absolute Gasteiger partial charge is 0.497 e. The van der Waals surface area contributed by atoms with Crippen LogP contribution in [0, 0.1) is 6.92 Å². The van der Waals surface area contributed by atoms with E-state index in [4.69, 9.17) is 4.74 Å². The molecule has 3 nitrogen and oxygen atoms in total. The van der Waals surface area contributed by atoms with Crippen LogP contribution in [0.2, 0.25) is 0 Å². The minimum atomic E-state index is -0.303. The summed E-state index contributed by atoms with van der Waals surface area (Å²) in [7, 11) is 1.68. The number of fused-ring (bicyclic) bond motifs is 1. The highest BCUT2D eigenvalue weighted by molar-refractivity contribution is 6.05. The van der Waals surface area contributed by atoms with Crippen molar-refractivity contribution in [1.82, 2.24) is 4.90 Å². The summed E-state index contributed by atoms with van der Waals surface area (Å²) < 4.78 is 5.35. The number of aryl methyl sites for hydroxylation is 2. The molecule has 0 radical (unpaired) electrons. The van der Waals surface area contributed by atoms with Crippen molar-refractivity contribution in [1.29, 1.82) is 0 Å². The second-order valence-corrected chi connectivity index (χ2v) is 8.00. The van der Waals surface area contributed by atoms with Crippen molar-refractivity contribution in [2.24, 2.45) is 0 Å². The van der Waals surface area contributed by atoms with E-state index in [9.17, 15) is 4.79 Å². The second-order valence-electron chi connectivity index (χ2n) is 8.00. The topological polar surface area (TPSA) is 29.5 Å². The molecule has 0 N–H and O–H groups in total. The molecule has 4 rings (SSSR count). The molecular weight excluding hydrogens is 370 g/mol. The molecule has 2 aliphatic rings. The normalized spacial score (nSPS) is 21.9. The maximum Gasteiger partial charge on any atom is 0.183 e. The Labute approximate surface area is 174 Å². The summed E-state index contributed by atoms with van der Waals surface area (Å²) in [5, 5.41) is 0. The molecule has 150 valence electrons. The predicted octanol–water partition coefficient (Wildman–Crippen LogP) is 5.02. The SMILES string of the molecule is COc1ccc2c(c1)CCC1(CCCCN1CCc1ccccc1C)C2=O.Cl. The van der Waals surface area contributed by atoms with Crippen LogP contribution in [0.3, 0.4) is 0 Å². The van der Waals surface area contributed by atoms with E-state index in [1.54, 1.807) is 7.11 Å². The zero-order valence-electron chi connectivity index (χ0n) is 16.9. The standard InChI is InChI=1S/C24H29NO2.ClH/c1-18-7-3-4-8-19(18)12-16-25-15-6-5-13-24(25)14-11-20-17-21(27-2)9-10-22(20)23(24)26;/h3-4,7-10,17H,5-6,11-16H2,1-2H3;1H. The fourth-order valence-electron chi connectivity index (χ4n) is 4.94. The molecule has 1 heterocycles. The molecule has 1 aliphatic carbocycles. The van der Waals surface area contributed by atoms with Gasteiger partial charge >= 0.3 is 0 Å². The first-order chi connectivity index (χ1) is 13.1. The Morgan fingerprint density at radius 2 is 1.93 bits per heavy atom. The third-order valence-electron chi connectivity index (χ3n) is 6.57. The molecule has 1 aliphatic heterocycles. The van der Waals surface area contributed by atoms with Gasteiger partial charge in [0.2, 0.25) is 0 Å². The highest BCUT2D eigenvalue weighted by Gasteiger charge is 2.47. The summed E-state index contributed by atoms with van der Waals surface area (Å²) in [4.78, 5) is 16.1. The Kier molecular flexibility index (Phi) is 6.47. The number of Topliss-reactive ketones (excluding diaryl/α,β-unsaturated/α-hetero) is 1. The number of halogens is 1. The number of hydrogen-bond acceptors (Lipinski definition) is 3. The number of methoxy groups -OCH3 is 1. The van der Waals surface area contributed by atoms with E-state index in [-0.39, 0.29) is 17.9 Å². The van der Waals surface area contributed by atoms with Gasteiger partial charge in [-0.05, 0) is 86.9 Å². The summed E-state index contributed by atoms with van der Waals surface area (Å²) in [6.07, 6.45) is 6.23. The van der Waals surface area contributed by atoms with E-state index in [2.05, 4.69) is 36.1 Å². The van der Waals surface area contributed by atoms with Gasteiger partial charge in [-0.2, -0.15) is 0 Å². The zero-order chi connectivity index (χ0) is 18.9. The van der Waals surface area contributed by atoms with Crippen molar-refractivity contribution in [3.05, 3.63) is 64.7 Å². The summed E-state index contributed by atoms with van der Waals surface area (Å²) in [5.74, 6) is 1.17. The van der Waals surface area contributed by atoms with Gasteiger partial charge < -0.3 is 4.74 Å². The van der Waals surface area contributed by atoms with Crippen molar-refractivity contribution in [3.63, 3.8) is 0 Å². The molecule has 1 unspecified atom stereocenters. The second kappa shape index (κ2) is 8.67. The number of ether oxygens (including phenoxy) is 1. The van der Waals surface area contributed by atoms with Crippen molar-refractivity contribution in [2.45, 2.75) is 51.0 Å². The van der Waals surface area contributed by atoms with Crippen LogP contribution in [-0.2, 0) is 12.8 Å². The van der Waals surface area contributed by atoms with Gasteiger partial charge in [0, 0.05) is 12.1 Å². The Bertz CT molecular complexity index is 850. The molecule has 0 saturated carbocycles. The van der Waals surface area contributed by atoms with E-state index in [1.807, 2.05) is 18.2 Å². The molecule has 0 bridgehead atoms. The van der Waals surface area contributed by atoms with Crippen LogP contribution in [-0.4, -0.2) is 36.4 Å². The van der Waals surface area contributed by atoms with E-state index in [1.165, 1.54) is 17.5 Å². The third kappa shape index (κ3) is 3.70. The van der Waals surface area contributed by atoms with Gasteiger partial charge in [-0.1, -0.05) is 24.3 Å². The van der Waals surface area contributed by atoms with Crippen LogP contribution in [0.5, 0.6) is 5.75 Å². The van der Waals surface area contributed by atoms with Crippen LogP contribution in [0.1, 0.15) is 52.7 Å². The fourth-order valence-corrected chi connectivity index (χ4v) is 4.94. The van der Waals surface area contributed by atoms with Crippen LogP contribution in [0.25, 0.3) is 0 Å². The Hall–Kier alpha value is -1.84. The number of carbonyl (C=O) groups is 1. The van der Waals surface area contributed by atoms with Gasteiger partial charge in [0.05, 0.1) is 12.6 Å². The van der Waals surface area contributed by atoms with Gasteiger partial charge in [-0.15, -0.1) is 12.4 Å². The smallest absolute Gasteiger partial charge is 0.183 e. The minimum absolute atomic E-state index is 0. The number of rotatable bonds is 4. The Morgan fingerprint density at radius 1 is 1.11 bits per heavy atom. The monoisotopic (exact) mass is 399 g/mol. The van der Waals surface area contributed by atoms with Crippen molar-refractivity contribution < 1.29 is 9.53 Å². The first kappa shape index (κ1) is 20.9. The maximum absolute atomic E-state index is 13.6. The Balaban J connectivity index is 0.00000225. The summed E-state index contributed by atoms with van der Waals surface area (Å²) >= 11 is 0. The summed E-state index contributed by atoms with van der Waals surface area (Å²) in [6.45, 7) is 4.17. The third-order valence-corrected chi connectivity index (χ3v) is 6.57. The zero-order valence-corrected chi connectivity index (χ0v) is 17.7. The number of piperidine rings is 1. The fraction of sp³-hybridized carbons (Fsp3) is 0.458. The van der Waals surface area contributed by atoms with Gasteiger partial charge in [-0.3, -0.25) is 9.69 Å². The van der Waals surface area contributed by atoms with E-state index in [0.717, 1.165) is 62.1 Å². The van der Waals surface area contributed by atoms with Crippen molar-refractivity contribution in [2.75, 3.05) is 20.2 Å². The number of benzene rings is 2. The van der Waals surface area contributed by atoms with Crippen molar-refractivity contribution >= 4 is 18.2 Å². The molecule has 2 aromatic carbocycles. The highest BCUT2D eigenvalue weighted by Crippen LogP contribution is 2.40. The first-order valence-electron chi connectivity index (χ1n) is 10.2. The molecule has 1 spiro atoms. The van der Waals surface area contributed by atoms with Crippen LogP contribution >= 0.6 is 12.4 Å². The number of hydrogen-bond donors (Lipinski definition) is 0. The number of ketones is 1. The predicted molar refractivity (Wildman–Crippen MR) is 116 cm³/mol. The van der Waals surface area contributed by atoms with Gasteiger partial charge in [0.15, 0.2) is 5.78 Å². The lowest BCUT2D eigenvalue weighted by molar-refractivity contribution is 0.0298. The summed E-state index contributed by atoms with van der Waals surface area (Å²) in [5.41, 5.74) is 4.49. The van der Waals surface area contributed by atoms with E-state index in [0.29, 0.717) is 5.78 Å². The molecule has 1 atom stereocenters. The minimum Gasteiger partial charge on any atom is -0.497 e. The lowest BCUT2D eigenvalue weighted by Crippen LogP contribution is -2.59. The van der Waals surface area contributed by atoms with E-state index < -0.39 is 0 Å². The average Bonchev–Trinajstić information content (AvgIpc) is 2.71. The number of nitrogens with zero attached hydrogens (tertiary/aromatic N) is 1. The molecule has 28 heavy (non-hydrogen) atoms. The van der Waals surface area contributed by atoms with Crippen LogP contribution in [0.4, 0.5) is 0 Å². The van der Waals surface area contributed by atoms with Gasteiger partial charge in [0.1, 0.15) is 5.75 Å². The van der Waals surface area contributed by atoms with Gasteiger partial charge in [0.25, 0.3) is 0 Å². The molecule has 4 heteroatoms. The van der Waals surface area contributed by atoms with Gasteiger partial charge in [-0.25, -0.2) is 0 Å². The lowest BCUT2D eigenvalue weighted by Gasteiger charge is -2.48. The number of likely N-dealkylation sites (tertiary alicyclic amines) is 1. The lowest BCUT2D eigenvalue weighted by atomic mass is 9.71. The maximum atomic E-state index is 13.6. The highest BCUT2D eigenvalue weighted by atomic mass is 35.5. The molecular formula is C24H30ClNO2. The summed E-state index contributed by atoms with van der Waals surface area (Å²) in [6, 6.07) is 14.6. The quantitative estimate of drug-likeness (QED) is 0.722. The van der Waals surface area contributed by atoms with Crippen molar-refractivity contribution in [3.8, 4) is 5.75 Å². The molecule has 0 aromatic heterocycles. The Morgan fingerprint density at radius 3 is 2.71 bits per heavy atom. The average molecular weight is 400 g/mol. The van der Waals surface area contributed by atoms with Crippen LogP contribution in [0.15, 0.2) is 42.5 Å². The van der Waals surface area contributed by atoms with Crippen LogP contribution < -0.4 is 4.74 Å². The molecule has 1 fully saturated rings. The number of carbonyl (C=O) groups excluding carboxylic acids is 1. The van der Waals surface area contributed by atoms with E-state index >= 15 is 0 Å². The first-order valence-corrected chi connectivity index (χ1v) is 10.2.